The number of halogens is 1. The number of ether oxygens (including phenoxy) is 3. The first-order valence-electron chi connectivity index (χ1n) is 8.69. The van der Waals surface area contributed by atoms with Gasteiger partial charge in [-0.15, -0.1) is 0 Å². The van der Waals surface area contributed by atoms with Crippen LogP contribution in [0.15, 0.2) is 42.5 Å². The van der Waals surface area contributed by atoms with Gasteiger partial charge in [0.25, 0.3) is 0 Å². The second-order valence-electron chi connectivity index (χ2n) is 6.08. The van der Waals surface area contributed by atoms with Gasteiger partial charge in [-0.25, -0.2) is 4.39 Å². The third-order valence-electron chi connectivity index (χ3n) is 4.42. The fourth-order valence-corrected chi connectivity index (χ4v) is 2.95. The Hall–Kier alpha value is -2.86. The molecule has 3 rings (SSSR count). The van der Waals surface area contributed by atoms with Crippen molar-refractivity contribution >= 4 is 17.5 Å². The van der Waals surface area contributed by atoms with E-state index in [2.05, 4.69) is 0 Å². The molecule has 0 atom stereocenters. The highest BCUT2D eigenvalue weighted by Gasteiger charge is 2.16. The average Bonchev–Trinajstić information content (AvgIpc) is 2.72. The number of hydrogen-bond donors (Lipinski definition) is 0. The molecule has 5 nitrogen and oxygen atoms in total. The summed E-state index contributed by atoms with van der Waals surface area (Å²) < 4.78 is 30.2. The zero-order chi connectivity index (χ0) is 19.2. The number of carbonyl (C=O) groups excluding carboxylic acids is 1. The molecule has 6 heteroatoms. The number of rotatable bonds is 6. The minimum atomic E-state index is -0.401. The molecule has 1 fully saturated rings. The van der Waals surface area contributed by atoms with Crippen LogP contribution in [0.25, 0.3) is 6.08 Å². The summed E-state index contributed by atoms with van der Waals surface area (Å²) in [5.41, 5.74) is 1.59. The molecule has 1 heterocycles. The van der Waals surface area contributed by atoms with E-state index in [1.54, 1.807) is 44.6 Å². The van der Waals surface area contributed by atoms with E-state index in [1.165, 1.54) is 12.1 Å². The third-order valence-corrected chi connectivity index (χ3v) is 4.42. The molecule has 0 N–H and O–H groups in total. The first-order chi connectivity index (χ1) is 13.1. The van der Waals surface area contributed by atoms with Gasteiger partial charge in [0, 0.05) is 18.7 Å². The number of hydrogen-bond acceptors (Lipinski definition) is 5. The molecule has 1 aliphatic rings. The lowest BCUT2D eigenvalue weighted by Crippen LogP contribution is -2.36. The Morgan fingerprint density at radius 2 is 1.81 bits per heavy atom. The lowest BCUT2D eigenvalue weighted by Gasteiger charge is -2.29. The van der Waals surface area contributed by atoms with Crippen LogP contribution in [-0.2, 0) is 4.74 Å². The van der Waals surface area contributed by atoms with Crippen LogP contribution < -0.4 is 14.4 Å². The molecule has 0 aliphatic carbocycles. The van der Waals surface area contributed by atoms with E-state index in [0.29, 0.717) is 49.1 Å². The quantitative estimate of drug-likeness (QED) is 0.574. The van der Waals surface area contributed by atoms with Gasteiger partial charge in [0.2, 0.25) is 0 Å². The minimum Gasteiger partial charge on any atom is -0.493 e. The summed E-state index contributed by atoms with van der Waals surface area (Å²) in [6.45, 7) is 2.44. The van der Waals surface area contributed by atoms with Crippen LogP contribution >= 0.6 is 0 Å². The Morgan fingerprint density at radius 1 is 1.07 bits per heavy atom. The fourth-order valence-electron chi connectivity index (χ4n) is 2.95. The molecule has 0 spiro atoms. The number of benzene rings is 2. The van der Waals surface area contributed by atoms with Crippen molar-refractivity contribution in [1.29, 1.82) is 0 Å². The molecule has 0 saturated carbocycles. The van der Waals surface area contributed by atoms with Crippen molar-refractivity contribution in [3.8, 4) is 11.5 Å². The van der Waals surface area contributed by atoms with E-state index in [0.717, 1.165) is 5.56 Å². The van der Waals surface area contributed by atoms with Gasteiger partial charge in [0.05, 0.1) is 33.1 Å². The third kappa shape index (κ3) is 4.46. The van der Waals surface area contributed by atoms with Gasteiger partial charge in [-0.2, -0.15) is 0 Å². The van der Waals surface area contributed by atoms with Crippen LogP contribution in [-0.4, -0.2) is 46.3 Å². The summed E-state index contributed by atoms with van der Waals surface area (Å²) in [4.78, 5) is 14.3. The molecule has 27 heavy (non-hydrogen) atoms. The molecule has 1 aliphatic heterocycles. The van der Waals surface area contributed by atoms with Gasteiger partial charge in [0.15, 0.2) is 17.3 Å². The van der Waals surface area contributed by atoms with Crippen molar-refractivity contribution in [3.63, 3.8) is 0 Å². The van der Waals surface area contributed by atoms with Gasteiger partial charge in [-0.05, 0) is 42.0 Å². The molecule has 0 bridgehead atoms. The van der Waals surface area contributed by atoms with Crippen molar-refractivity contribution in [1.82, 2.24) is 0 Å². The van der Waals surface area contributed by atoms with Gasteiger partial charge in [-0.1, -0.05) is 12.1 Å². The number of allylic oxidation sites excluding steroid dienone is 1. The topological polar surface area (TPSA) is 48.0 Å². The van der Waals surface area contributed by atoms with Gasteiger partial charge >= 0.3 is 0 Å². The zero-order valence-electron chi connectivity index (χ0n) is 15.4. The van der Waals surface area contributed by atoms with Gasteiger partial charge in [-0.3, -0.25) is 4.79 Å². The maximum Gasteiger partial charge on any atom is 0.185 e. The van der Waals surface area contributed by atoms with Crippen LogP contribution in [0.3, 0.4) is 0 Å². The van der Waals surface area contributed by atoms with Crippen LogP contribution in [0, 0.1) is 5.82 Å². The van der Waals surface area contributed by atoms with Crippen molar-refractivity contribution in [3.05, 3.63) is 59.4 Å². The Kier molecular flexibility index (Phi) is 6.08. The van der Waals surface area contributed by atoms with Crippen molar-refractivity contribution in [2.24, 2.45) is 0 Å². The summed E-state index contributed by atoms with van der Waals surface area (Å²) in [5, 5.41) is 0. The van der Waals surface area contributed by atoms with E-state index < -0.39 is 5.82 Å². The van der Waals surface area contributed by atoms with Gasteiger partial charge < -0.3 is 19.1 Å². The number of morpholine rings is 1. The standard InChI is InChI=1S/C21H22FNO4/c1-25-20-8-4-15(13-21(20)26-2)3-7-19(24)16-5-6-18(17(22)14-16)23-9-11-27-12-10-23/h3-8,13-14H,9-12H2,1-2H3/b7-3+. The van der Waals surface area contributed by atoms with E-state index in [4.69, 9.17) is 14.2 Å². The predicted molar refractivity (Wildman–Crippen MR) is 102 cm³/mol. The Morgan fingerprint density at radius 3 is 2.48 bits per heavy atom. The van der Waals surface area contributed by atoms with Crippen LogP contribution in [0.5, 0.6) is 11.5 Å². The predicted octanol–water partition coefficient (Wildman–Crippen LogP) is 3.58. The molecule has 2 aromatic rings. The molecule has 2 aromatic carbocycles. The lowest BCUT2D eigenvalue weighted by molar-refractivity contribution is 0.104. The first kappa shape index (κ1) is 18.9. The highest BCUT2D eigenvalue weighted by atomic mass is 19.1. The molecule has 142 valence electrons. The molecule has 1 saturated heterocycles. The molecule has 0 unspecified atom stereocenters. The monoisotopic (exact) mass is 371 g/mol. The van der Waals surface area contributed by atoms with Crippen molar-refractivity contribution in [2.45, 2.75) is 0 Å². The average molecular weight is 371 g/mol. The highest BCUT2D eigenvalue weighted by molar-refractivity contribution is 6.07. The van der Waals surface area contributed by atoms with E-state index in [1.807, 2.05) is 11.0 Å². The van der Waals surface area contributed by atoms with Gasteiger partial charge in [0.1, 0.15) is 5.82 Å². The smallest absolute Gasteiger partial charge is 0.185 e. The number of anilines is 1. The molecule has 0 aromatic heterocycles. The molecule has 0 amide bonds. The first-order valence-corrected chi connectivity index (χ1v) is 8.69. The molecular weight excluding hydrogens is 349 g/mol. The Balaban J connectivity index is 1.74. The summed E-state index contributed by atoms with van der Waals surface area (Å²) in [6.07, 6.45) is 3.09. The minimum absolute atomic E-state index is 0.266. The lowest BCUT2D eigenvalue weighted by atomic mass is 10.1. The summed E-state index contributed by atoms with van der Waals surface area (Å²) >= 11 is 0. The van der Waals surface area contributed by atoms with Crippen molar-refractivity contribution in [2.75, 3.05) is 45.4 Å². The fraction of sp³-hybridized carbons (Fsp3) is 0.286. The number of methoxy groups -OCH3 is 2. The maximum absolute atomic E-state index is 14.5. The van der Waals surface area contributed by atoms with Crippen LogP contribution in [0.2, 0.25) is 0 Å². The van der Waals surface area contributed by atoms with E-state index >= 15 is 0 Å². The summed E-state index contributed by atoms with van der Waals surface area (Å²) in [5.74, 6) is 0.522. The number of ketones is 1. The van der Waals surface area contributed by atoms with Crippen LogP contribution in [0.1, 0.15) is 15.9 Å². The van der Waals surface area contributed by atoms with E-state index in [9.17, 15) is 9.18 Å². The number of nitrogens with zero attached hydrogens (tertiary/aromatic N) is 1. The summed E-state index contributed by atoms with van der Waals surface area (Å²) in [6, 6.07) is 9.93. The second kappa shape index (κ2) is 8.68. The van der Waals surface area contributed by atoms with Crippen molar-refractivity contribution < 1.29 is 23.4 Å². The largest absolute Gasteiger partial charge is 0.493 e. The van der Waals surface area contributed by atoms with Crippen LogP contribution in [0.4, 0.5) is 10.1 Å². The van der Waals surface area contributed by atoms with E-state index in [-0.39, 0.29) is 5.78 Å². The SMILES string of the molecule is COc1ccc(/C=C/C(=O)c2ccc(N3CCOCC3)c(F)c2)cc1OC. The number of carbonyl (C=O) groups is 1. The molecule has 0 radical (unpaired) electrons. The normalized spacial score (nSPS) is 14.4. The molecular formula is C21H22FNO4. The Labute approximate surface area is 158 Å². The Bertz CT molecular complexity index is 844. The summed E-state index contributed by atoms with van der Waals surface area (Å²) in [7, 11) is 3.11. The zero-order valence-corrected chi connectivity index (χ0v) is 15.4. The maximum atomic E-state index is 14.5. The second-order valence-corrected chi connectivity index (χ2v) is 6.08. The highest BCUT2D eigenvalue weighted by Crippen LogP contribution is 2.28.